The van der Waals surface area contributed by atoms with Crippen LogP contribution in [0.1, 0.15) is 26.7 Å². The maximum atomic E-state index is 13.5. The third kappa shape index (κ3) is 2.57. The number of carbonyl (C=O) groups excluding carboxylic acids is 2. The zero-order valence-corrected chi connectivity index (χ0v) is 12.9. The summed E-state index contributed by atoms with van der Waals surface area (Å²) in [6.45, 7) is 3.65. The minimum absolute atomic E-state index is 0.199. The number of anilines is 1. The summed E-state index contributed by atoms with van der Waals surface area (Å²) in [4.78, 5) is 26.0. The van der Waals surface area contributed by atoms with Gasteiger partial charge in [0.25, 0.3) is 0 Å². The fourth-order valence-corrected chi connectivity index (χ4v) is 2.81. The maximum absolute atomic E-state index is 13.5. The first kappa shape index (κ1) is 15.0. The van der Waals surface area contributed by atoms with Gasteiger partial charge in [-0.2, -0.15) is 0 Å². The van der Waals surface area contributed by atoms with Gasteiger partial charge in [0, 0.05) is 4.47 Å². The van der Waals surface area contributed by atoms with Gasteiger partial charge in [-0.3, -0.25) is 14.5 Å². The molecule has 1 aliphatic heterocycles. The third-order valence-corrected chi connectivity index (χ3v) is 4.10. The number of piperazine rings is 1. The molecule has 4 nitrogen and oxygen atoms in total. The lowest BCUT2D eigenvalue weighted by Crippen LogP contribution is -2.63. The van der Waals surface area contributed by atoms with Gasteiger partial charge in [0.05, 0.1) is 5.69 Å². The van der Waals surface area contributed by atoms with Gasteiger partial charge >= 0.3 is 0 Å². The number of benzene rings is 1. The number of nitrogens with zero attached hydrogens (tertiary/aromatic N) is 1. The van der Waals surface area contributed by atoms with Gasteiger partial charge in [0.1, 0.15) is 17.9 Å². The summed E-state index contributed by atoms with van der Waals surface area (Å²) in [7, 11) is 0. The molecule has 1 aromatic carbocycles. The van der Waals surface area contributed by atoms with E-state index in [9.17, 15) is 14.0 Å². The van der Waals surface area contributed by atoms with Crippen LogP contribution in [0.15, 0.2) is 22.7 Å². The van der Waals surface area contributed by atoms with Crippen LogP contribution in [0.25, 0.3) is 0 Å². The molecule has 0 aromatic heterocycles. The van der Waals surface area contributed by atoms with E-state index in [1.807, 2.05) is 13.8 Å². The lowest BCUT2D eigenvalue weighted by molar-refractivity contribution is -0.134. The maximum Gasteiger partial charge on any atom is 0.250 e. The molecule has 1 aliphatic rings. The van der Waals surface area contributed by atoms with Crippen molar-refractivity contribution in [1.82, 2.24) is 5.32 Å². The van der Waals surface area contributed by atoms with Gasteiger partial charge in [0.15, 0.2) is 0 Å². The van der Waals surface area contributed by atoms with Crippen LogP contribution < -0.4 is 10.2 Å². The molecule has 1 heterocycles. The van der Waals surface area contributed by atoms with Gasteiger partial charge in [-0.1, -0.05) is 13.8 Å². The summed E-state index contributed by atoms with van der Waals surface area (Å²) in [5, 5.41) is 2.71. The Bertz CT molecular complexity index is 550. The number of halogens is 2. The van der Waals surface area contributed by atoms with Crippen molar-refractivity contribution in [3.8, 4) is 0 Å². The minimum Gasteiger partial charge on any atom is -0.342 e. The predicted molar refractivity (Wildman–Crippen MR) is 77.9 cm³/mol. The molecule has 0 saturated carbocycles. The van der Waals surface area contributed by atoms with E-state index in [0.717, 1.165) is 0 Å². The number of carbonyl (C=O) groups is 2. The van der Waals surface area contributed by atoms with Crippen LogP contribution in [0.3, 0.4) is 0 Å². The monoisotopic (exact) mass is 342 g/mol. The van der Waals surface area contributed by atoms with Gasteiger partial charge < -0.3 is 5.32 Å². The van der Waals surface area contributed by atoms with Gasteiger partial charge in [-0.15, -0.1) is 0 Å². The zero-order valence-electron chi connectivity index (χ0n) is 11.3. The molecule has 2 rings (SSSR count). The molecule has 20 heavy (non-hydrogen) atoms. The highest BCUT2D eigenvalue weighted by molar-refractivity contribution is 9.10. The molecule has 0 radical (unpaired) electrons. The molecule has 0 spiro atoms. The number of amides is 2. The van der Waals surface area contributed by atoms with Crippen molar-refractivity contribution in [3.05, 3.63) is 28.5 Å². The molecule has 0 aliphatic carbocycles. The van der Waals surface area contributed by atoms with Crippen LogP contribution >= 0.6 is 15.9 Å². The van der Waals surface area contributed by atoms with E-state index in [2.05, 4.69) is 21.2 Å². The van der Waals surface area contributed by atoms with E-state index in [4.69, 9.17) is 0 Å². The van der Waals surface area contributed by atoms with Crippen LogP contribution in [0.2, 0.25) is 0 Å². The van der Waals surface area contributed by atoms with E-state index in [0.29, 0.717) is 23.0 Å². The van der Waals surface area contributed by atoms with Crippen molar-refractivity contribution in [2.75, 3.05) is 4.90 Å². The molecule has 1 fully saturated rings. The fraction of sp³-hybridized carbons (Fsp3) is 0.429. The molecule has 1 aromatic rings. The Hall–Kier alpha value is -1.43. The molecule has 6 heteroatoms. The molecule has 108 valence electrons. The highest BCUT2D eigenvalue weighted by atomic mass is 79.9. The first-order chi connectivity index (χ1) is 9.49. The summed E-state index contributed by atoms with van der Waals surface area (Å²) >= 11 is 3.32. The van der Waals surface area contributed by atoms with Crippen molar-refractivity contribution in [1.29, 1.82) is 0 Å². The first-order valence-electron chi connectivity index (χ1n) is 6.58. The number of rotatable bonds is 3. The van der Waals surface area contributed by atoms with Gasteiger partial charge in [-0.25, -0.2) is 4.39 Å². The van der Waals surface area contributed by atoms with Crippen molar-refractivity contribution in [3.63, 3.8) is 0 Å². The van der Waals surface area contributed by atoms with Gasteiger partial charge in [-0.05, 0) is 47.0 Å². The number of nitrogens with one attached hydrogen (secondary N) is 1. The van der Waals surface area contributed by atoms with Crippen LogP contribution in [-0.2, 0) is 9.59 Å². The van der Waals surface area contributed by atoms with Crippen LogP contribution in [0, 0.1) is 5.82 Å². The van der Waals surface area contributed by atoms with E-state index in [1.165, 1.54) is 23.1 Å². The lowest BCUT2D eigenvalue weighted by atomic mass is 10.0. The first-order valence-corrected chi connectivity index (χ1v) is 7.37. The Morgan fingerprint density at radius 3 is 2.60 bits per heavy atom. The molecule has 1 N–H and O–H groups in total. The predicted octanol–water partition coefficient (Wildman–Crippen LogP) is 2.61. The molecular weight excluding hydrogens is 327 g/mol. The average molecular weight is 343 g/mol. The largest absolute Gasteiger partial charge is 0.342 e. The summed E-state index contributed by atoms with van der Waals surface area (Å²) in [5.74, 6) is -0.842. The van der Waals surface area contributed by atoms with Crippen molar-refractivity contribution >= 4 is 33.4 Å². The SMILES string of the molecule is CCC1NC(=O)C(CC)N(c2cc(F)ccc2Br)C1=O. The summed E-state index contributed by atoms with van der Waals surface area (Å²) in [6, 6.07) is 2.96. The highest BCUT2D eigenvalue weighted by Gasteiger charge is 2.40. The Labute approximate surface area is 125 Å². The van der Waals surface area contributed by atoms with Gasteiger partial charge in [0.2, 0.25) is 11.8 Å². The van der Waals surface area contributed by atoms with Crippen LogP contribution in [0.4, 0.5) is 10.1 Å². The highest BCUT2D eigenvalue weighted by Crippen LogP contribution is 2.31. The smallest absolute Gasteiger partial charge is 0.250 e. The quantitative estimate of drug-likeness (QED) is 0.917. The van der Waals surface area contributed by atoms with Crippen LogP contribution in [-0.4, -0.2) is 23.9 Å². The Morgan fingerprint density at radius 1 is 1.30 bits per heavy atom. The molecule has 2 unspecified atom stereocenters. The van der Waals surface area contributed by atoms with E-state index < -0.39 is 17.9 Å². The second-order valence-corrected chi connectivity index (χ2v) is 5.55. The summed E-state index contributed by atoms with van der Waals surface area (Å²) in [5.41, 5.74) is 0.398. The molecular formula is C14H16BrFN2O2. The topological polar surface area (TPSA) is 49.4 Å². The normalized spacial score (nSPS) is 22.9. The second kappa shape index (κ2) is 5.91. The number of hydrogen-bond donors (Lipinski definition) is 1. The summed E-state index contributed by atoms with van der Waals surface area (Å²) in [6.07, 6.45) is 0.974. The molecule has 0 bridgehead atoms. The van der Waals surface area contributed by atoms with E-state index in [1.54, 1.807) is 0 Å². The molecule has 1 saturated heterocycles. The van der Waals surface area contributed by atoms with Crippen LogP contribution in [0.5, 0.6) is 0 Å². The fourth-order valence-electron chi connectivity index (χ4n) is 2.37. The zero-order chi connectivity index (χ0) is 14.9. The molecule has 2 atom stereocenters. The molecule has 2 amide bonds. The number of hydrogen-bond acceptors (Lipinski definition) is 2. The van der Waals surface area contributed by atoms with E-state index in [-0.39, 0.29) is 11.8 Å². The standard InChI is InChI=1S/C14H16BrFN2O2/c1-3-10-14(20)18(11(4-2)13(19)17-10)12-7-8(16)5-6-9(12)15/h5-7,10-11H,3-4H2,1-2H3,(H,17,19). The van der Waals surface area contributed by atoms with Crippen molar-refractivity contribution in [2.24, 2.45) is 0 Å². The second-order valence-electron chi connectivity index (χ2n) is 4.70. The minimum atomic E-state index is -0.608. The van der Waals surface area contributed by atoms with E-state index >= 15 is 0 Å². The van der Waals surface area contributed by atoms with Crippen molar-refractivity contribution in [2.45, 2.75) is 38.8 Å². The lowest BCUT2D eigenvalue weighted by Gasteiger charge is -2.38. The Balaban J connectivity index is 2.50. The summed E-state index contributed by atoms with van der Waals surface area (Å²) < 4.78 is 14.1. The Kier molecular flexibility index (Phi) is 4.42. The Morgan fingerprint density at radius 2 is 2.00 bits per heavy atom. The van der Waals surface area contributed by atoms with Crippen molar-refractivity contribution < 1.29 is 14.0 Å². The third-order valence-electron chi connectivity index (χ3n) is 3.43. The average Bonchev–Trinajstić information content (AvgIpc) is 2.43.